The summed E-state index contributed by atoms with van der Waals surface area (Å²) in [6, 6.07) is 21.0. The largest absolute Gasteiger partial charge is 0.479 e. The Morgan fingerprint density at radius 2 is 1.42 bits per heavy atom. The lowest BCUT2D eigenvalue weighted by molar-refractivity contribution is -0.122. The summed E-state index contributed by atoms with van der Waals surface area (Å²) >= 11 is 12.1. The summed E-state index contributed by atoms with van der Waals surface area (Å²) in [5.41, 5.74) is 1.92. The van der Waals surface area contributed by atoms with E-state index in [2.05, 4.69) is 10.6 Å². The summed E-state index contributed by atoms with van der Waals surface area (Å²) in [6.07, 6.45) is 2.31. The third-order valence-corrected chi connectivity index (χ3v) is 4.91. The van der Waals surface area contributed by atoms with Gasteiger partial charge in [0.05, 0.1) is 5.02 Å². The lowest BCUT2D eigenvalue weighted by Crippen LogP contribution is -2.30. The van der Waals surface area contributed by atoms with E-state index in [1.807, 2.05) is 18.2 Å². The highest BCUT2D eigenvalue weighted by Crippen LogP contribution is 2.24. The van der Waals surface area contributed by atoms with Gasteiger partial charge in [0.25, 0.3) is 5.91 Å². The first kappa shape index (κ1) is 22.4. The van der Waals surface area contributed by atoms with Crippen LogP contribution in [0.3, 0.4) is 0 Å². The van der Waals surface area contributed by atoms with Crippen molar-refractivity contribution >= 4 is 52.5 Å². The zero-order valence-electron chi connectivity index (χ0n) is 16.6. The summed E-state index contributed by atoms with van der Waals surface area (Å²) in [5, 5.41) is 6.52. The summed E-state index contributed by atoms with van der Waals surface area (Å²) in [6.45, 7) is 1.64. The van der Waals surface area contributed by atoms with Crippen molar-refractivity contribution < 1.29 is 14.3 Å². The minimum atomic E-state index is -0.741. The van der Waals surface area contributed by atoms with Crippen LogP contribution < -0.4 is 15.4 Å². The predicted molar refractivity (Wildman–Crippen MR) is 126 cm³/mol. The second-order valence-electron chi connectivity index (χ2n) is 6.60. The van der Waals surface area contributed by atoms with Crippen molar-refractivity contribution in [2.45, 2.75) is 13.0 Å². The molecule has 3 aromatic rings. The molecule has 0 aliphatic carbocycles. The molecule has 0 fully saturated rings. The monoisotopic (exact) mass is 454 g/mol. The number of nitrogens with one attached hydrogen (secondary N) is 2. The second-order valence-corrected chi connectivity index (χ2v) is 7.42. The molecule has 1 unspecified atom stereocenters. The van der Waals surface area contributed by atoms with Gasteiger partial charge in [-0.3, -0.25) is 9.59 Å². The normalized spacial score (nSPS) is 11.7. The maximum atomic E-state index is 12.4. The lowest BCUT2D eigenvalue weighted by Gasteiger charge is -2.15. The Morgan fingerprint density at radius 3 is 2.06 bits per heavy atom. The number of hydrogen-bond donors (Lipinski definition) is 2. The van der Waals surface area contributed by atoms with Crippen LogP contribution in [0, 0.1) is 0 Å². The number of carbonyl (C=O) groups is 2. The van der Waals surface area contributed by atoms with E-state index in [4.69, 9.17) is 27.9 Å². The molecule has 2 amide bonds. The Morgan fingerprint density at radius 1 is 0.839 bits per heavy atom. The quantitative estimate of drug-likeness (QED) is 0.426. The molecular formula is C24H20Cl2N2O3. The third-order valence-electron chi connectivity index (χ3n) is 4.25. The molecule has 0 aliphatic heterocycles. The Balaban J connectivity index is 1.53. The molecule has 2 N–H and O–H groups in total. The highest BCUT2D eigenvalue weighted by atomic mass is 35.5. The van der Waals surface area contributed by atoms with Crippen molar-refractivity contribution in [3.05, 3.63) is 94.5 Å². The van der Waals surface area contributed by atoms with Crippen LogP contribution in [-0.4, -0.2) is 17.9 Å². The van der Waals surface area contributed by atoms with Crippen LogP contribution >= 0.6 is 23.2 Å². The minimum absolute atomic E-state index is 0.293. The fraction of sp³-hybridized carbons (Fsp3) is 0.0833. The van der Waals surface area contributed by atoms with Crippen molar-refractivity contribution in [2.24, 2.45) is 0 Å². The van der Waals surface area contributed by atoms with Crippen molar-refractivity contribution in [1.29, 1.82) is 0 Å². The first-order valence-corrected chi connectivity index (χ1v) is 10.2. The molecular weight excluding hydrogens is 435 g/mol. The van der Waals surface area contributed by atoms with Gasteiger partial charge in [-0.25, -0.2) is 0 Å². The summed E-state index contributed by atoms with van der Waals surface area (Å²) in [5.74, 6) is -0.174. The van der Waals surface area contributed by atoms with Crippen LogP contribution in [0.5, 0.6) is 5.75 Å². The molecule has 0 radical (unpaired) electrons. The van der Waals surface area contributed by atoms with E-state index >= 15 is 0 Å². The van der Waals surface area contributed by atoms with Gasteiger partial charge in [-0.05, 0) is 61.0 Å². The SMILES string of the molecule is CC(Oc1ccccc1Cl)C(=O)Nc1ccc(NC(=O)/C=C/c2ccccc2Cl)cc1. The van der Waals surface area contributed by atoms with Gasteiger partial charge >= 0.3 is 0 Å². The maximum absolute atomic E-state index is 12.4. The van der Waals surface area contributed by atoms with E-state index in [9.17, 15) is 9.59 Å². The zero-order chi connectivity index (χ0) is 22.2. The Bertz CT molecular complexity index is 1100. The molecule has 0 saturated carbocycles. The molecule has 0 heterocycles. The number of amides is 2. The van der Waals surface area contributed by atoms with Crippen LogP contribution in [-0.2, 0) is 9.59 Å². The number of para-hydroxylation sites is 1. The van der Waals surface area contributed by atoms with Crippen LogP contribution in [0.25, 0.3) is 6.08 Å². The molecule has 3 aromatic carbocycles. The van der Waals surface area contributed by atoms with Crippen LogP contribution in [0.1, 0.15) is 12.5 Å². The van der Waals surface area contributed by atoms with E-state index in [-0.39, 0.29) is 11.8 Å². The van der Waals surface area contributed by atoms with Gasteiger partial charge in [0.15, 0.2) is 6.10 Å². The number of benzene rings is 3. The number of rotatable bonds is 7. The first-order chi connectivity index (χ1) is 14.9. The van der Waals surface area contributed by atoms with E-state index in [0.717, 1.165) is 5.56 Å². The Labute approximate surface area is 190 Å². The lowest BCUT2D eigenvalue weighted by atomic mass is 10.2. The molecule has 0 saturated heterocycles. The number of ether oxygens (including phenoxy) is 1. The van der Waals surface area contributed by atoms with E-state index in [1.165, 1.54) is 6.08 Å². The zero-order valence-corrected chi connectivity index (χ0v) is 18.2. The predicted octanol–water partition coefficient (Wildman–Crippen LogP) is 6.05. The van der Waals surface area contributed by atoms with Crippen LogP contribution in [0.2, 0.25) is 10.0 Å². The smallest absolute Gasteiger partial charge is 0.265 e. The Kier molecular flexibility index (Phi) is 7.70. The molecule has 0 bridgehead atoms. The third kappa shape index (κ3) is 6.60. The highest BCUT2D eigenvalue weighted by molar-refractivity contribution is 6.32. The van der Waals surface area contributed by atoms with Crippen molar-refractivity contribution in [3.63, 3.8) is 0 Å². The molecule has 158 valence electrons. The van der Waals surface area contributed by atoms with Crippen LogP contribution in [0.4, 0.5) is 11.4 Å². The minimum Gasteiger partial charge on any atom is -0.479 e. The van der Waals surface area contributed by atoms with Crippen molar-refractivity contribution in [1.82, 2.24) is 0 Å². The average Bonchev–Trinajstić information content (AvgIpc) is 2.76. The number of carbonyl (C=O) groups excluding carboxylic acids is 2. The number of anilines is 2. The van der Waals surface area contributed by atoms with E-state index < -0.39 is 6.10 Å². The van der Waals surface area contributed by atoms with Gasteiger partial charge in [0.2, 0.25) is 5.91 Å². The molecule has 3 rings (SSSR count). The van der Waals surface area contributed by atoms with Crippen molar-refractivity contribution in [3.8, 4) is 5.75 Å². The maximum Gasteiger partial charge on any atom is 0.265 e. The number of hydrogen-bond acceptors (Lipinski definition) is 3. The van der Waals surface area contributed by atoms with Gasteiger partial charge in [-0.15, -0.1) is 0 Å². The molecule has 5 nitrogen and oxygen atoms in total. The van der Waals surface area contributed by atoms with Gasteiger partial charge in [-0.1, -0.05) is 53.5 Å². The van der Waals surface area contributed by atoms with Gasteiger partial charge in [0.1, 0.15) is 5.75 Å². The summed E-state index contributed by atoms with van der Waals surface area (Å²) in [4.78, 5) is 24.5. The number of halogens is 2. The van der Waals surface area contributed by atoms with Crippen molar-refractivity contribution in [2.75, 3.05) is 10.6 Å². The van der Waals surface area contributed by atoms with E-state index in [1.54, 1.807) is 67.6 Å². The molecule has 0 aliphatic rings. The van der Waals surface area contributed by atoms with E-state index in [0.29, 0.717) is 27.2 Å². The van der Waals surface area contributed by atoms with Gasteiger partial charge < -0.3 is 15.4 Å². The second kappa shape index (κ2) is 10.7. The first-order valence-electron chi connectivity index (χ1n) is 9.48. The standard InChI is InChI=1S/C24H20Cl2N2O3/c1-16(31-22-9-5-4-8-21(22)26)24(30)28-19-13-11-18(12-14-19)27-23(29)15-10-17-6-2-3-7-20(17)25/h2-16H,1H3,(H,27,29)(H,28,30)/b15-10+. The van der Waals surface area contributed by atoms with Gasteiger partial charge in [-0.2, -0.15) is 0 Å². The summed E-state index contributed by atoms with van der Waals surface area (Å²) < 4.78 is 5.61. The average molecular weight is 455 g/mol. The Hall–Kier alpha value is -3.28. The molecule has 1 atom stereocenters. The molecule has 0 spiro atoms. The molecule has 7 heteroatoms. The van der Waals surface area contributed by atoms with Gasteiger partial charge in [0, 0.05) is 22.5 Å². The summed E-state index contributed by atoms with van der Waals surface area (Å²) in [7, 11) is 0. The topological polar surface area (TPSA) is 67.4 Å². The van der Waals surface area contributed by atoms with Crippen LogP contribution in [0.15, 0.2) is 78.9 Å². The fourth-order valence-corrected chi connectivity index (χ4v) is 3.00. The molecule has 31 heavy (non-hydrogen) atoms. The fourth-order valence-electron chi connectivity index (χ4n) is 2.62. The molecule has 0 aromatic heterocycles. The highest BCUT2D eigenvalue weighted by Gasteiger charge is 2.16.